The number of rotatable bonds is 2. The number of anilines is 1. The summed E-state index contributed by atoms with van der Waals surface area (Å²) in [6, 6.07) is 5.94. The van der Waals surface area contributed by atoms with Crippen molar-refractivity contribution in [1.82, 2.24) is 0 Å². The maximum absolute atomic E-state index is 13.6. The first-order valence-electron chi connectivity index (χ1n) is 7.40. The fraction of sp³-hybridized carbons (Fsp3) is 0.647. The van der Waals surface area contributed by atoms with Gasteiger partial charge in [0, 0.05) is 11.7 Å². The maximum Gasteiger partial charge on any atom is 0.128 e. The van der Waals surface area contributed by atoms with Crippen molar-refractivity contribution in [1.29, 1.82) is 0 Å². The van der Waals surface area contributed by atoms with Gasteiger partial charge in [0.2, 0.25) is 0 Å². The molecule has 0 bridgehead atoms. The van der Waals surface area contributed by atoms with Crippen LogP contribution >= 0.6 is 0 Å². The molecule has 2 atom stereocenters. The minimum Gasteiger partial charge on any atom is -0.382 e. The molecule has 1 aliphatic rings. The van der Waals surface area contributed by atoms with E-state index < -0.39 is 0 Å². The highest BCUT2D eigenvalue weighted by Crippen LogP contribution is 2.39. The standard InChI is InChI=1S/C17H26FN/c1-12-9-10-13(11-15(12)18)19-16-8-6-5-7-14(16)17(2,3)4/h9-11,14,16,19H,5-8H2,1-4H3. The van der Waals surface area contributed by atoms with Crippen LogP contribution in [0.15, 0.2) is 18.2 Å². The first-order valence-corrected chi connectivity index (χ1v) is 7.40. The van der Waals surface area contributed by atoms with Gasteiger partial charge in [-0.2, -0.15) is 0 Å². The molecule has 0 radical (unpaired) electrons. The summed E-state index contributed by atoms with van der Waals surface area (Å²) in [4.78, 5) is 0. The molecule has 1 nitrogen and oxygen atoms in total. The highest BCUT2D eigenvalue weighted by Gasteiger charge is 2.34. The second-order valence-corrected chi connectivity index (χ2v) is 6.97. The van der Waals surface area contributed by atoms with Gasteiger partial charge in [0.25, 0.3) is 0 Å². The van der Waals surface area contributed by atoms with Crippen LogP contribution in [-0.2, 0) is 0 Å². The Morgan fingerprint density at radius 3 is 2.47 bits per heavy atom. The highest BCUT2D eigenvalue weighted by atomic mass is 19.1. The molecule has 0 saturated heterocycles. The van der Waals surface area contributed by atoms with Crippen molar-refractivity contribution in [3.8, 4) is 0 Å². The summed E-state index contributed by atoms with van der Waals surface area (Å²) < 4.78 is 13.6. The SMILES string of the molecule is Cc1ccc(NC2CCCCC2C(C)(C)C)cc1F. The van der Waals surface area contributed by atoms with E-state index in [9.17, 15) is 4.39 Å². The summed E-state index contributed by atoms with van der Waals surface area (Å²) in [6.45, 7) is 8.74. The van der Waals surface area contributed by atoms with Gasteiger partial charge in [0.1, 0.15) is 5.82 Å². The molecule has 1 aromatic carbocycles. The Bertz CT molecular complexity index is 433. The Hall–Kier alpha value is -1.05. The van der Waals surface area contributed by atoms with Crippen LogP contribution in [0, 0.1) is 24.1 Å². The molecular weight excluding hydrogens is 237 g/mol. The van der Waals surface area contributed by atoms with Gasteiger partial charge in [-0.05, 0) is 48.8 Å². The molecule has 0 amide bonds. The smallest absolute Gasteiger partial charge is 0.128 e. The second-order valence-electron chi connectivity index (χ2n) is 6.97. The van der Waals surface area contributed by atoms with Gasteiger partial charge in [-0.3, -0.25) is 0 Å². The molecule has 0 aromatic heterocycles. The maximum atomic E-state index is 13.6. The summed E-state index contributed by atoms with van der Waals surface area (Å²) in [6.07, 6.45) is 5.06. The van der Waals surface area contributed by atoms with E-state index in [1.165, 1.54) is 25.7 Å². The monoisotopic (exact) mass is 263 g/mol. The Kier molecular flexibility index (Phi) is 4.17. The molecule has 19 heavy (non-hydrogen) atoms. The molecule has 0 aliphatic heterocycles. The van der Waals surface area contributed by atoms with E-state index in [-0.39, 0.29) is 5.82 Å². The number of benzene rings is 1. The topological polar surface area (TPSA) is 12.0 Å². The molecular formula is C17H26FN. The first kappa shape index (κ1) is 14.4. The van der Waals surface area contributed by atoms with Crippen LogP contribution in [0.1, 0.15) is 52.0 Å². The lowest BCUT2D eigenvalue weighted by Gasteiger charge is -2.41. The van der Waals surface area contributed by atoms with Crippen molar-refractivity contribution >= 4 is 5.69 Å². The molecule has 2 unspecified atom stereocenters. The van der Waals surface area contributed by atoms with Gasteiger partial charge in [0.05, 0.1) is 0 Å². The second kappa shape index (κ2) is 5.52. The van der Waals surface area contributed by atoms with E-state index in [0.717, 1.165) is 5.69 Å². The van der Waals surface area contributed by atoms with Crippen LogP contribution in [-0.4, -0.2) is 6.04 Å². The van der Waals surface area contributed by atoms with Gasteiger partial charge in [-0.15, -0.1) is 0 Å². The van der Waals surface area contributed by atoms with Crippen molar-refractivity contribution in [2.24, 2.45) is 11.3 Å². The molecule has 1 fully saturated rings. The summed E-state index contributed by atoms with van der Waals surface area (Å²) in [5.41, 5.74) is 1.94. The minimum absolute atomic E-state index is 0.117. The molecule has 0 heterocycles. The predicted molar refractivity (Wildman–Crippen MR) is 80.0 cm³/mol. The van der Waals surface area contributed by atoms with Crippen LogP contribution in [0.3, 0.4) is 0 Å². The van der Waals surface area contributed by atoms with E-state index in [0.29, 0.717) is 22.9 Å². The van der Waals surface area contributed by atoms with E-state index in [1.54, 1.807) is 13.0 Å². The van der Waals surface area contributed by atoms with Crippen molar-refractivity contribution in [2.45, 2.75) is 59.4 Å². The lowest BCUT2D eigenvalue weighted by molar-refractivity contribution is 0.163. The summed E-state index contributed by atoms with van der Waals surface area (Å²) in [5.74, 6) is 0.540. The first-order chi connectivity index (χ1) is 8.88. The zero-order chi connectivity index (χ0) is 14.0. The van der Waals surface area contributed by atoms with E-state index in [1.807, 2.05) is 12.1 Å². The Morgan fingerprint density at radius 2 is 1.84 bits per heavy atom. The Balaban J connectivity index is 2.13. The average Bonchev–Trinajstić information content (AvgIpc) is 2.33. The van der Waals surface area contributed by atoms with Crippen molar-refractivity contribution < 1.29 is 4.39 Å². The van der Waals surface area contributed by atoms with Crippen molar-refractivity contribution in [3.63, 3.8) is 0 Å². The number of halogens is 1. The van der Waals surface area contributed by atoms with Crippen LogP contribution in [0.4, 0.5) is 10.1 Å². The van der Waals surface area contributed by atoms with Crippen LogP contribution < -0.4 is 5.32 Å². The van der Waals surface area contributed by atoms with E-state index in [4.69, 9.17) is 0 Å². The van der Waals surface area contributed by atoms with Gasteiger partial charge in [-0.25, -0.2) is 4.39 Å². The zero-order valence-corrected chi connectivity index (χ0v) is 12.6. The van der Waals surface area contributed by atoms with Crippen molar-refractivity contribution in [3.05, 3.63) is 29.6 Å². The van der Waals surface area contributed by atoms with Crippen molar-refractivity contribution in [2.75, 3.05) is 5.32 Å². The Labute approximate surface area is 116 Å². The van der Waals surface area contributed by atoms with E-state index in [2.05, 4.69) is 26.1 Å². The average molecular weight is 263 g/mol. The number of aryl methyl sites for hydroxylation is 1. The predicted octanol–water partition coefficient (Wildman–Crippen LogP) is 5.15. The van der Waals surface area contributed by atoms with Crippen LogP contribution in [0.2, 0.25) is 0 Å². The molecule has 1 saturated carbocycles. The summed E-state index contributed by atoms with van der Waals surface area (Å²) >= 11 is 0. The Morgan fingerprint density at radius 1 is 1.16 bits per heavy atom. The highest BCUT2D eigenvalue weighted by molar-refractivity contribution is 5.46. The minimum atomic E-state index is -0.117. The largest absolute Gasteiger partial charge is 0.382 e. The third-order valence-corrected chi connectivity index (χ3v) is 4.40. The number of nitrogens with one attached hydrogen (secondary N) is 1. The molecule has 1 aromatic rings. The van der Waals surface area contributed by atoms with Gasteiger partial charge < -0.3 is 5.32 Å². The normalized spacial score (nSPS) is 24.3. The lowest BCUT2D eigenvalue weighted by Crippen LogP contribution is -2.39. The van der Waals surface area contributed by atoms with Gasteiger partial charge >= 0.3 is 0 Å². The van der Waals surface area contributed by atoms with Gasteiger partial charge in [0.15, 0.2) is 0 Å². The van der Waals surface area contributed by atoms with Gasteiger partial charge in [-0.1, -0.05) is 39.7 Å². The third kappa shape index (κ3) is 3.49. The fourth-order valence-electron chi connectivity index (χ4n) is 3.24. The number of hydrogen-bond acceptors (Lipinski definition) is 1. The molecule has 2 rings (SSSR count). The molecule has 0 spiro atoms. The molecule has 106 valence electrons. The fourth-order valence-corrected chi connectivity index (χ4v) is 3.24. The van der Waals surface area contributed by atoms with Crippen LogP contribution in [0.5, 0.6) is 0 Å². The zero-order valence-electron chi connectivity index (χ0n) is 12.6. The third-order valence-electron chi connectivity index (χ3n) is 4.40. The lowest BCUT2D eigenvalue weighted by atomic mass is 9.69. The summed E-state index contributed by atoms with van der Waals surface area (Å²) in [7, 11) is 0. The van der Waals surface area contributed by atoms with E-state index >= 15 is 0 Å². The molecule has 1 N–H and O–H groups in total. The molecule has 2 heteroatoms. The summed E-state index contributed by atoms with van der Waals surface area (Å²) in [5, 5.41) is 3.57. The van der Waals surface area contributed by atoms with Crippen LogP contribution in [0.25, 0.3) is 0 Å². The number of hydrogen-bond donors (Lipinski definition) is 1. The molecule has 1 aliphatic carbocycles. The quantitative estimate of drug-likeness (QED) is 0.778.